The van der Waals surface area contributed by atoms with Crippen molar-refractivity contribution < 1.29 is 4.79 Å². The standard InChI is InChI=1S/C30H40N6O/c1-22(2)36-16-14-30(15-17-36,18-23-6-4-3-5-7-23)35-28(37)25-21-32-26(19-31)34-27(25)33-20-24-8-10-29(11-9-24)12-13-29/h3-7,21-22,24H,8-18,20H2,1-2H3,(H,35,37)(H,32,33,34). The Bertz CT molecular complexity index is 1120. The predicted octanol–water partition coefficient (Wildman–Crippen LogP) is 4.95. The number of nitriles is 1. The summed E-state index contributed by atoms with van der Waals surface area (Å²) < 4.78 is 0. The molecule has 1 aromatic carbocycles. The van der Waals surface area contributed by atoms with Crippen LogP contribution in [0.5, 0.6) is 0 Å². The number of hydrogen-bond donors (Lipinski definition) is 2. The van der Waals surface area contributed by atoms with Crippen molar-refractivity contribution in [3.05, 3.63) is 53.5 Å². The Hall–Kier alpha value is -2.98. The fraction of sp³-hybridized carbons (Fsp3) is 0.600. The summed E-state index contributed by atoms with van der Waals surface area (Å²) in [7, 11) is 0. The van der Waals surface area contributed by atoms with E-state index in [9.17, 15) is 10.1 Å². The van der Waals surface area contributed by atoms with Crippen LogP contribution in [0.3, 0.4) is 0 Å². The number of carbonyl (C=O) groups is 1. The molecule has 0 bridgehead atoms. The van der Waals surface area contributed by atoms with Gasteiger partial charge in [-0.2, -0.15) is 5.26 Å². The average Bonchev–Trinajstić information content (AvgIpc) is 3.67. The number of nitrogens with zero attached hydrogens (tertiary/aromatic N) is 4. The Morgan fingerprint density at radius 3 is 2.43 bits per heavy atom. The Morgan fingerprint density at radius 1 is 1.11 bits per heavy atom. The normalized spacial score (nSPS) is 20.9. The molecule has 7 heteroatoms. The van der Waals surface area contributed by atoms with Crippen LogP contribution in [0.15, 0.2) is 36.5 Å². The zero-order valence-electron chi connectivity index (χ0n) is 22.3. The molecule has 3 fully saturated rings. The smallest absolute Gasteiger partial charge is 0.257 e. The van der Waals surface area contributed by atoms with Gasteiger partial charge in [0.05, 0.1) is 0 Å². The van der Waals surface area contributed by atoms with E-state index < -0.39 is 0 Å². The molecule has 2 aliphatic carbocycles. The Kier molecular flexibility index (Phi) is 7.48. The highest BCUT2D eigenvalue weighted by Gasteiger charge is 2.44. The van der Waals surface area contributed by atoms with Gasteiger partial charge in [0, 0.05) is 37.4 Å². The number of hydrogen-bond acceptors (Lipinski definition) is 6. The molecule has 3 aliphatic rings. The highest BCUT2D eigenvalue weighted by Crippen LogP contribution is 2.57. The lowest BCUT2D eigenvalue weighted by Gasteiger charge is -2.44. The number of likely N-dealkylation sites (tertiary alicyclic amines) is 1. The number of piperidine rings is 1. The first kappa shape index (κ1) is 25.7. The topological polar surface area (TPSA) is 93.9 Å². The van der Waals surface area contributed by atoms with Crippen LogP contribution in [-0.2, 0) is 6.42 Å². The molecule has 0 radical (unpaired) electrons. The van der Waals surface area contributed by atoms with Crippen molar-refractivity contribution in [3.63, 3.8) is 0 Å². The summed E-state index contributed by atoms with van der Waals surface area (Å²) in [5.41, 5.74) is 1.97. The van der Waals surface area contributed by atoms with Gasteiger partial charge in [0.1, 0.15) is 17.5 Å². The van der Waals surface area contributed by atoms with Gasteiger partial charge in [-0.3, -0.25) is 4.79 Å². The van der Waals surface area contributed by atoms with Crippen LogP contribution in [-0.4, -0.2) is 52.0 Å². The SMILES string of the molecule is CC(C)N1CCC(Cc2ccccc2)(NC(=O)c2cnc(C#N)nc2NCC2CCC3(CC2)CC3)CC1. The average molecular weight is 501 g/mol. The molecule has 0 unspecified atom stereocenters. The van der Waals surface area contributed by atoms with E-state index in [4.69, 9.17) is 0 Å². The van der Waals surface area contributed by atoms with Crippen LogP contribution in [0.1, 0.15) is 87.0 Å². The molecule has 0 atom stereocenters. The minimum Gasteiger partial charge on any atom is -0.369 e. The second-order valence-electron chi connectivity index (χ2n) is 11.9. The molecular formula is C30H40N6O. The minimum atomic E-state index is -0.336. The lowest BCUT2D eigenvalue weighted by atomic mass is 9.80. The number of nitrogens with one attached hydrogen (secondary N) is 2. The highest BCUT2D eigenvalue weighted by molar-refractivity contribution is 5.99. The monoisotopic (exact) mass is 500 g/mol. The van der Waals surface area contributed by atoms with Crippen molar-refractivity contribution in [2.24, 2.45) is 11.3 Å². The summed E-state index contributed by atoms with van der Waals surface area (Å²) in [6, 6.07) is 12.9. The van der Waals surface area contributed by atoms with Crippen molar-refractivity contribution in [3.8, 4) is 6.07 Å². The zero-order valence-corrected chi connectivity index (χ0v) is 22.3. The summed E-state index contributed by atoms with van der Waals surface area (Å²) in [5, 5.41) is 16.3. The lowest BCUT2D eigenvalue weighted by molar-refractivity contribution is 0.0766. The molecule has 1 spiro atoms. The van der Waals surface area contributed by atoms with Crippen molar-refractivity contribution in [2.45, 2.75) is 83.2 Å². The van der Waals surface area contributed by atoms with E-state index in [1.54, 1.807) is 0 Å². The van der Waals surface area contributed by atoms with Crippen LogP contribution >= 0.6 is 0 Å². The van der Waals surface area contributed by atoms with E-state index in [1.807, 2.05) is 12.1 Å². The van der Waals surface area contributed by atoms with Crippen LogP contribution in [0.2, 0.25) is 0 Å². The maximum absolute atomic E-state index is 13.8. The number of rotatable bonds is 8. The molecule has 2 N–H and O–H groups in total. The highest BCUT2D eigenvalue weighted by atomic mass is 16.1. The van der Waals surface area contributed by atoms with Crippen molar-refractivity contribution >= 4 is 11.7 Å². The van der Waals surface area contributed by atoms with Crippen LogP contribution in [0.25, 0.3) is 0 Å². The molecule has 1 saturated heterocycles. The van der Waals surface area contributed by atoms with Gasteiger partial charge in [0.25, 0.3) is 5.91 Å². The van der Waals surface area contributed by atoms with Crippen LogP contribution in [0.4, 0.5) is 5.82 Å². The van der Waals surface area contributed by atoms with Gasteiger partial charge in [0.15, 0.2) is 0 Å². The summed E-state index contributed by atoms with van der Waals surface area (Å²) in [5.74, 6) is 0.975. The van der Waals surface area contributed by atoms with Gasteiger partial charge >= 0.3 is 0 Å². The van der Waals surface area contributed by atoms with Gasteiger partial charge < -0.3 is 15.5 Å². The molecule has 196 valence electrons. The van der Waals surface area contributed by atoms with E-state index in [1.165, 1.54) is 50.3 Å². The second kappa shape index (κ2) is 10.8. The summed E-state index contributed by atoms with van der Waals surface area (Å²) in [6.45, 7) is 7.12. The van der Waals surface area contributed by atoms with E-state index in [0.29, 0.717) is 28.8 Å². The first-order valence-electron chi connectivity index (χ1n) is 14.0. The van der Waals surface area contributed by atoms with Crippen molar-refractivity contribution in [2.75, 3.05) is 25.0 Å². The molecule has 1 amide bonds. The first-order valence-corrected chi connectivity index (χ1v) is 14.0. The third kappa shape index (κ3) is 6.13. The van der Waals surface area contributed by atoms with Gasteiger partial charge in [0.2, 0.25) is 5.82 Å². The predicted molar refractivity (Wildman–Crippen MR) is 145 cm³/mol. The molecule has 7 nitrogen and oxygen atoms in total. The fourth-order valence-corrected chi connectivity index (χ4v) is 6.26. The second-order valence-corrected chi connectivity index (χ2v) is 11.9. The maximum atomic E-state index is 13.8. The molecule has 2 saturated carbocycles. The maximum Gasteiger partial charge on any atom is 0.257 e. The first-order chi connectivity index (χ1) is 17.9. The minimum absolute atomic E-state index is 0.0869. The number of anilines is 1. The molecule has 5 rings (SSSR count). The largest absolute Gasteiger partial charge is 0.369 e. The van der Waals surface area contributed by atoms with Crippen molar-refractivity contribution in [1.82, 2.24) is 20.2 Å². The van der Waals surface area contributed by atoms with Gasteiger partial charge in [-0.05, 0) is 88.5 Å². The Labute approximate surface area is 221 Å². The molecule has 1 aliphatic heterocycles. The molecule has 37 heavy (non-hydrogen) atoms. The van der Waals surface area contributed by atoms with E-state index in [2.05, 4.69) is 63.6 Å². The fourth-order valence-electron chi connectivity index (χ4n) is 6.26. The lowest BCUT2D eigenvalue weighted by Crippen LogP contribution is -2.57. The van der Waals surface area contributed by atoms with Crippen molar-refractivity contribution in [1.29, 1.82) is 5.26 Å². The number of aromatic nitrogens is 2. The number of carbonyl (C=O) groups excluding carboxylic acids is 1. The van der Waals surface area contributed by atoms with Crippen LogP contribution in [0, 0.1) is 22.7 Å². The van der Waals surface area contributed by atoms with Gasteiger partial charge in [-0.1, -0.05) is 30.3 Å². The van der Waals surface area contributed by atoms with E-state index in [-0.39, 0.29) is 17.3 Å². The molecule has 1 aromatic heterocycles. The van der Waals surface area contributed by atoms with E-state index in [0.717, 1.165) is 38.9 Å². The molecule has 2 aromatic rings. The number of benzene rings is 1. The summed E-state index contributed by atoms with van der Waals surface area (Å²) in [6.07, 6.45) is 11.9. The van der Waals surface area contributed by atoms with E-state index >= 15 is 0 Å². The van der Waals surface area contributed by atoms with Gasteiger partial charge in [-0.25, -0.2) is 9.97 Å². The molecule has 2 heterocycles. The number of amides is 1. The summed E-state index contributed by atoms with van der Waals surface area (Å²) >= 11 is 0. The van der Waals surface area contributed by atoms with Crippen LogP contribution < -0.4 is 10.6 Å². The van der Waals surface area contributed by atoms with Gasteiger partial charge in [-0.15, -0.1) is 0 Å². The Balaban J connectivity index is 1.32. The quantitative estimate of drug-likeness (QED) is 0.533. The third-order valence-electron chi connectivity index (χ3n) is 9.06. The molecular weight excluding hydrogens is 460 g/mol. The Morgan fingerprint density at radius 2 is 1.81 bits per heavy atom. The third-order valence-corrected chi connectivity index (χ3v) is 9.06. The summed E-state index contributed by atoms with van der Waals surface area (Å²) in [4.78, 5) is 24.8. The zero-order chi connectivity index (χ0) is 25.9.